The van der Waals surface area contributed by atoms with Gasteiger partial charge in [0.1, 0.15) is 11.6 Å². The highest BCUT2D eigenvalue weighted by Crippen LogP contribution is 2.28. The van der Waals surface area contributed by atoms with Crippen LogP contribution in [0.4, 0.5) is 10.1 Å². The van der Waals surface area contributed by atoms with Crippen LogP contribution < -0.4 is 15.4 Å². The summed E-state index contributed by atoms with van der Waals surface area (Å²) in [6.07, 6.45) is 1.65. The molecule has 0 saturated carbocycles. The van der Waals surface area contributed by atoms with Gasteiger partial charge in [-0.15, -0.1) is 16.8 Å². The maximum atomic E-state index is 13.9. The second kappa shape index (κ2) is 11.7. The first kappa shape index (κ1) is 25.3. The SMILES string of the molecule is C=CCn1c(SCC(=O)Nc2cc(Cl)ccc2OC)nnc1[C@H](C)NC(=O)c1ccccc1F. The molecule has 0 radical (unpaired) electrons. The lowest BCUT2D eigenvalue weighted by molar-refractivity contribution is -0.113. The second-order valence-electron chi connectivity index (χ2n) is 7.10. The maximum Gasteiger partial charge on any atom is 0.254 e. The molecule has 2 aromatic carbocycles. The average molecular weight is 504 g/mol. The van der Waals surface area contributed by atoms with Crippen LogP contribution in [-0.4, -0.2) is 39.4 Å². The Morgan fingerprint density at radius 1 is 1.29 bits per heavy atom. The Bertz CT molecular complexity index is 1200. The van der Waals surface area contributed by atoms with E-state index in [1.807, 2.05) is 0 Å². The summed E-state index contributed by atoms with van der Waals surface area (Å²) < 4.78 is 20.9. The van der Waals surface area contributed by atoms with Crippen LogP contribution in [0.5, 0.6) is 5.75 Å². The third-order valence-corrected chi connectivity index (χ3v) is 5.88. The van der Waals surface area contributed by atoms with Gasteiger partial charge < -0.3 is 19.9 Å². The molecule has 0 aliphatic rings. The van der Waals surface area contributed by atoms with Crippen molar-refractivity contribution in [1.82, 2.24) is 20.1 Å². The lowest BCUT2D eigenvalue weighted by Crippen LogP contribution is -2.29. The quantitative estimate of drug-likeness (QED) is 0.312. The van der Waals surface area contributed by atoms with E-state index in [1.54, 1.807) is 41.8 Å². The first-order chi connectivity index (χ1) is 16.3. The zero-order valence-corrected chi connectivity index (χ0v) is 20.1. The standard InChI is InChI=1S/C23H23ClFN5O3S/c1-4-11-30-21(14(2)26-22(32)16-7-5-6-8-17(16)25)28-29-23(30)34-13-20(31)27-18-12-15(24)9-10-19(18)33-3/h4-10,12,14H,1,11,13H2,2-3H3,(H,26,32)(H,27,31)/t14-/m0/s1. The molecule has 0 fully saturated rings. The van der Waals surface area contributed by atoms with E-state index in [9.17, 15) is 14.0 Å². The molecule has 0 aliphatic carbocycles. The molecule has 0 saturated heterocycles. The lowest BCUT2D eigenvalue weighted by Gasteiger charge is -2.15. The van der Waals surface area contributed by atoms with Crippen LogP contribution in [0.1, 0.15) is 29.1 Å². The monoisotopic (exact) mass is 503 g/mol. The first-order valence-electron chi connectivity index (χ1n) is 10.2. The van der Waals surface area contributed by atoms with Crippen molar-refractivity contribution in [1.29, 1.82) is 0 Å². The molecule has 2 amide bonds. The summed E-state index contributed by atoms with van der Waals surface area (Å²) in [5.41, 5.74) is 0.394. The molecule has 0 spiro atoms. The van der Waals surface area contributed by atoms with Crippen LogP contribution in [-0.2, 0) is 11.3 Å². The molecule has 0 bridgehead atoms. The number of carbonyl (C=O) groups is 2. The Labute approximate surface area is 205 Å². The van der Waals surface area contributed by atoms with E-state index in [0.717, 1.165) is 0 Å². The molecule has 2 N–H and O–H groups in total. The van der Waals surface area contributed by atoms with Gasteiger partial charge in [0, 0.05) is 11.6 Å². The summed E-state index contributed by atoms with van der Waals surface area (Å²) in [4.78, 5) is 25.0. The molecule has 0 unspecified atom stereocenters. The third-order valence-electron chi connectivity index (χ3n) is 4.68. The fraction of sp³-hybridized carbons (Fsp3) is 0.217. The fourth-order valence-corrected chi connectivity index (χ4v) is 4.03. The number of amides is 2. The third kappa shape index (κ3) is 6.15. The van der Waals surface area contributed by atoms with Gasteiger partial charge in [0.25, 0.3) is 5.91 Å². The number of hydrogen-bond acceptors (Lipinski definition) is 6. The van der Waals surface area contributed by atoms with Crippen LogP contribution in [0.15, 0.2) is 60.3 Å². The number of aromatic nitrogens is 3. The second-order valence-corrected chi connectivity index (χ2v) is 8.48. The van der Waals surface area contributed by atoms with Crippen LogP contribution in [0.25, 0.3) is 0 Å². The largest absolute Gasteiger partial charge is 0.495 e. The Balaban J connectivity index is 1.69. The zero-order valence-electron chi connectivity index (χ0n) is 18.5. The van der Waals surface area contributed by atoms with Crippen molar-refractivity contribution < 1.29 is 18.7 Å². The van der Waals surface area contributed by atoms with E-state index < -0.39 is 17.8 Å². The summed E-state index contributed by atoms with van der Waals surface area (Å²) in [5, 5.41) is 14.8. The Morgan fingerprint density at radius 2 is 2.06 bits per heavy atom. The van der Waals surface area contributed by atoms with Crippen molar-refractivity contribution in [3.05, 3.63) is 77.3 Å². The topological polar surface area (TPSA) is 98.1 Å². The number of hydrogen-bond donors (Lipinski definition) is 2. The predicted octanol–water partition coefficient (Wildman–Crippen LogP) is 4.49. The van der Waals surface area contributed by atoms with Gasteiger partial charge in [0.05, 0.1) is 30.2 Å². The molecule has 3 rings (SSSR count). The molecule has 0 aliphatic heterocycles. The summed E-state index contributed by atoms with van der Waals surface area (Å²) in [7, 11) is 1.50. The number of anilines is 1. The molecule has 11 heteroatoms. The van der Waals surface area contributed by atoms with Gasteiger partial charge in [-0.3, -0.25) is 9.59 Å². The summed E-state index contributed by atoms with van der Waals surface area (Å²) >= 11 is 7.18. The number of nitrogens with one attached hydrogen (secondary N) is 2. The Hall–Kier alpha value is -3.37. The number of benzene rings is 2. The minimum Gasteiger partial charge on any atom is -0.495 e. The first-order valence-corrected chi connectivity index (χ1v) is 11.6. The molecular weight excluding hydrogens is 481 g/mol. The van der Waals surface area contributed by atoms with E-state index in [1.165, 1.54) is 37.1 Å². The highest BCUT2D eigenvalue weighted by atomic mass is 35.5. The van der Waals surface area contributed by atoms with Gasteiger partial charge in [-0.25, -0.2) is 4.39 Å². The minimum atomic E-state index is -0.613. The van der Waals surface area contributed by atoms with Gasteiger partial charge >= 0.3 is 0 Å². The molecule has 178 valence electrons. The summed E-state index contributed by atoms with van der Waals surface area (Å²) in [6, 6.07) is 10.1. The normalized spacial score (nSPS) is 11.5. The molecule has 34 heavy (non-hydrogen) atoms. The van der Waals surface area contributed by atoms with Gasteiger partial charge in [0.2, 0.25) is 5.91 Å². The highest BCUT2D eigenvalue weighted by molar-refractivity contribution is 7.99. The number of allylic oxidation sites excluding steroid dienone is 1. The van der Waals surface area contributed by atoms with E-state index in [-0.39, 0.29) is 17.2 Å². The van der Waals surface area contributed by atoms with Crippen molar-refractivity contribution in [2.75, 3.05) is 18.2 Å². The maximum absolute atomic E-state index is 13.9. The predicted molar refractivity (Wildman–Crippen MR) is 130 cm³/mol. The number of halogens is 2. The number of ether oxygens (including phenoxy) is 1. The van der Waals surface area contributed by atoms with Crippen molar-refractivity contribution in [2.45, 2.75) is 24.7 Å². The average Bonchev–Trinajstić information content (AvgIpc) is 3.21. The van der Waals surface area contributed by atoms with Crippen molar-refractivity contribution in [3.8, 4) is 5.75 Å². The molecule has 8 nitrogen and oxygen atoms in total. The Kier molecular flexibility index (Phi) is 8.67. The molecule has 1 aromatic heterocycles. The number of methoxy groups -OCH3 is 1. The smallest absolute Gasteiger partial charge is 0.254 e. The van der Waals surface area contributed by atoms with E-state index in [4.69, 9.17) is 16.3 Å². The minimum absolute atomic E-state index is 0.0426. The van der Waals surface area contributed by atoms with Crippen LogP contribution in [0.3, 0.4) is 0 Å². The van der Waals surface area contributed by atoms with Crippen LogP contribution in [0.2, 0.25) is 5.02 Å². The van der Waals surface area contributed by atoms with Gasteiger partial charge in [0.15, 0.2) is 11.0 Å². The molecule has 3 aromatic rings. The highest BCUT2D eigenvalue weighted by Gasteiger charge is 2.21. The van der Waals surface area contributed by atoms with Crippen molar-refractivity contribution in [3.63, 3.8) is 0 Å². The molecule has 1 heterocycles. The molecule has 1 atom stereocenters. The number of thioether (sulfide) groups is 1. The van der Waals surface area contributed by atoms with Crippen LogP contribution in [0, 0.1) is 5.82 Å². The van der Waals surface area contributed by atoms with E-state index >= 15 is 0 Å². The number of rotatable bonds is 10. The summed E-state index contributed by atoms with van der Waals surface area (Å²) in [6.45, 7) is 5.82. The Morgan fingerprint density at radius 3 is 2.76 bits per heavy atom. The molecular formula is C23H23ClFN5O3S. The van der Waals surface area contributed by atoms with Crippen molar-refractivity contribution in [2.24, 2.45) is 0 Å². The van der Waals surface area contributed by atoms with Gasteiger partial charge in [-0.05, 0) is 37.3 Å². The van der Waals surface area contributed by atoms with Gasteiger partial charge in [-0.1, -0.05) is 41.6 Å². The number of carbonyl (C=O) groups excluding carboxylic acids is 2. The van der Waals surface area contributed by atoms with Gasteiger partial charge in [-0.2, -0.15) is 0 Å². The van der Waals surface area contributed by atoms with E-state index in [0.29, 0.717) is 34.0 Å². The van der Waals surface area contributed by atoms with E-state index in [2.05, 4.69) is 27.4 Å². The fourth-order valence-electron chi connectivity index (χ4n) is 3.11. The summed E-state index contributed by atoms with van der Waals surface area (Å²) in [5.74, 6) is -0.494. The van der Waals surface area contributed by atoms with Crippen molar-refractivity contribution >= 4 is 40.9 Å². The zero-order chi connectivity index (χ0) is 24.7. The number of nitrogens with zero attached hydrogens (tertiary/aromatic N) is 3. The van der Waals surface area contributed by atoms with Crippen LogP contribution >= 0.6 is 23.4 Å². The lowest BCUT2D eigenvalue weighted by atomic mass is 10.2.